The highest BCUT2D eigenvalue weighted by molar-refractivity contribution is 6.04. The van der Waals surface area contributed by atoms with E-state index in [2.05, 4.69) is 25.4 Å². The van der Waals surface area contributed by atoms with Crippen molar-refractivity contribution in [1.29, 1.82) is 0 Å². The van der Waals surface area contributed by atoms with Crippen molar-refractivity contribution in [2.45, 2.75) is 19.5 Å². The van der Waals surface area contributed by atoms with E-state index in [0.717, 1.165) is 44.0 Å². The average molecular weight is 458 g/mol. The molecule has 0 saturated carbocycles. The molecular formula is C27H31N5O2. The smallest absolute Gasteiger partial charge is 0.253 e. The van der Waals surface area contributed by atoms with Crippen LogP contribution < -0.4 is 10.6 Å². The molecule has 7 heteroatoms. The van der Waals surface area contributed by atoms with Gasteiger partial charge >= 0.3 is 0 Å². The van der Waals surface area contributed by atoms with Crippen molar-refractivity contribution in [3.05, 3.63) is 95.8 Å². The van der Waals surface area contributed by atoms with Gasteiger partial charge in [0.05, 0.1) is 29.5 Å². The second-order valence-electron chi connectivity index (χ2n) is 8.57. The zero-order chi connectivity index (χ0) is 23.8. The van der Waals surface area contributed by atoms with Crippen LogP contribution in [0.3, 0.4) is 0 Å². The molecule has 176 valence electrons. The van der Waals surface area contributed by atoms with Crippen LogP contribution >= 0.6 is 0 Å². The fraction of sp³-hybridized carbons (Fsp3) is 0.296. The monoisotopic (exact) mass is 457 g/mol. The van der Waals surface area contributed by atoms with Crippen LogP contribution in [0.4, 0.5) is 5.69 Å². The van der Waals surface area contributed by atoms with E-state index >= 15 is 0 Å². The van der Waals surface area contributed by atoms with Gasteiger partial charge in [-0.3, -0.25) is 24.4 Å². The van der Waals surface area contributed by atoms with Crippen LogP contribution in [0.15, 0.2) is 79.0 Å². The number of hydrogen-bond donors (Lipinski definition) is 2. The number of nitrogens with one attached hydrogen (secondary N) is 2. The molecule has 1 aliphatic heterocycles. The normalized spacial score (nSPS) is 15.4. The van der Waals surface area contributed by atoms with Gasteiger partial charge in [0, 0.05) is 38.9 Å². The molecule has 2 heterocycles. The number of nitrogens with zero attached hydrogens (tertiary/aromatic N) is 3. The predicted octanol–water partition coefficient (Wildman–Crippen LogP) is 3.33. The molecule has 0 spiro atoms. The van der Waals surface area contributed by atoms with Gasteiger partial charge in [-0.1, -0.05) is 48.5 Å². The van der Waals surface area contributed by atoms with E-state index in [1.807, 2.05) is 67.7 Å². The lowest BCUT2D eigenvalue weighted by molar-refractivity contribution is -0.117. The van der Waals surface area contributed by atoms with Crippen molar-refractivity contribution in [1.82, 2.24) is 20.1 Å². The molecular weight excluding hydrogens is 426 g/mol. The summed E-state index contributed by atoms with van der Waals surface area (Å²) in [6.45, 7) is 6.48. The third-order valence-electron chi connectivity index (χ3n) is 6.04. The summed E-state index contributed by atoms with van der Waals surface area (Å²) in [5.74, 6) is -0.329. The van der Waals surface area contributed by atoms with Crippen molar-refractivity contribution in [2.75, 3.05) is 38.0 Å². The molecule has 0 aliphatic carbocycles. The Labute approximate surface area is 200 Å². The number of amides is 2. The largest absolute Gasteiger partial charge is 0.345 e. The van der Waals surface area contributed by atoms with Crippen molar-refractivity contribution >= 4 is 17.5 Å². The minimum atomic E-state index is -0.213. The third-order valence-corrected chi connectivity index (χ3v) is 6.04. The second-order valence-corrected chi connectivity index (χ2v) is 8.57. The Morgan fingerprint density at radius 1 is 0.882 bits per heavy atom. The fourth-order valence-corrected chi connectivity index (χ4v) is 4.11. The minimum absolute atomic E-state index is 0.116. The van der Waals surface area contributed by atoms with Crippen LogP contribution in [-0.4, -0.2) is 59.3 Å². The number of piperazine rings is 1. The lowest BCUT2D eigenvalue weighted by Gasteiger charge is -2.34. The summed E-state index contributed by atoms with van der Waals surface area (Å²) in [5, 5.41) is 5.96. The van der Waals surface area contributed by atoms with Gasteiger partial charge in [-0.25, -0.2) is 0 Å². The van der Waals surface area contributed by atoms with Crippen LogP contribution in [0, 0.1) is 0 Å². The maximum absolute atomic E-state index is 12.9. The first-order valence-corrected chi connectivity index (χ1v) is 11.7. The Bertz CT molecular complexity index is 1080. The van der Waals surface area contributed by atoms with E-state index < -0.39 is 0 Å². The molecule has 0 radical (unpaired) electrons. The fourth-order valence-electron chi connectivity index (χ4n) is 4.11. The maximum atomic E-state index is 12.9. The summed E-state index contributed by atoms with van der Waals surface area (Å²) in [5.41, 5.74) is 3.07. The van der Waals surface area contributed by atoms with E-state index in [0.29, 0.717) is 17.8 Å². The van der Waals surface area contributed by atoms with Gasteiger partial charge in [0.2, 0.25) is 5.91 Å². The van der Waals surface area contributed by atoms with Crippen molar-refractivity contribution in [3.8, 4) is 0 Å². The summed E-state index contributed by atoms with van der Waals surface area (Å²) in [7, 11) is 0. The molecule has 4 rings (SSSR count). The van der Waals surface area contributed by atoms with Crippen LogP contribution in [0.2, 0.25) is 0 Å². The zero-order valence-electron chi connectivity index (χ0n) is 19.5. The zero-order valence-corrected chi connectivity index (χ0v) is 19.5. The summed E-state index contributed by atoms with van der Waals surface area (Å²) < 4.78 is 0. The summed E-state index contributed by atoms with van der Waals surface area (Å²) in [4.78, 5) is 34.6. The van der Waals surface area contributed by atoms with E-state index in [1.165, 1.54) is 0 Å². The molecule has 7 nitrogen and oxygen atoms in total. The van der Waals surface area contributed by atoms with E-state index in [9.17, 15) is 9.59 Å². The number of carbonyl (C=O) groups is 2. The Kier molecular flexibility index (Phi) is 8.01. The number of rotatable bonds is 8. The quantitative estimate of drug-likeness (QED) is 0.543. The van der Waals surface area contributed by atoms with E-state index in [-0.39, 0.29) is 17.9 Å². The number of pyridine rings is 1. The number of anilines is 1. The molecule has 2 amide bonds. The average Bonchev–Trinajstić information content (AvgIpc) is 2.86. The van der Waals surface area contributed by atoms with Crippen LogP contribution in [-0.2, 0) is 11.3 Å². The van der Waals surface area contributed by atoms with Gasteiger partial charge in [0.1, 0.15) is 0 Å². The minimum Gasteiger partial charge on any atom is -0.345 e. The lowest BCUT2D eigenvalue weighted by Crippen LogP contribution is -2.48. The molecule has 3 aromatic rings. The Morgan fingerprint density at radius 2 is 1.56 bits per heavy atom. The van der Waals surface area contributed by atoms with Gasteiger partial charge in [0.15, 0.2) is 0 Å². The molecule has 1 saturated heterocycles. The van der Waals surface area contributed by atoms with Crippen LogP contribution in [0.1, 0.15) is 34.6 Å². The Morgan fingerprint density at radius 3 is 2.29 bits per heavy atom. The first-order valence-electron chi connectivity index (χ1n) is 11.7. The molecule has 1 aliphatic rings. The number of carbonyl (C=O) groups excluding carboxylic acids is 2. The van der Waals surface area contributed by atoms with Gasteiger partial charge in [-0.15, -0.1) is 0 Å². The standard InChI is InChI=1S/C27H31N5O2/c1-21(22-9-3-2-4-10-22)29-27(34)24-12-5-6-13-25(24)30-26(33)20-32-17-15-31(16-18-32)19-23-11-7-8-14-28-23/h2-14,21H,15-20H2,1H3,(H,29,34)(H,30,33)/t21-/m0/s1. The van der Waals surface area contributed by atoms with Crippen molar-refractivity contribution in [2.24, 2.45) is 0 Å². The Hall–Kier alpha value is -3.55. The molecule has 1 fully saturated rings. The molecule has 2 aromatic carbocycles. The van der Waals surface area contributed by atoms with Gasteiger partial charge in [-0.05, 0) is 36.8 Å². The van der Waals surface area contributed by atoms with E-state index in [1.54, 1.807) is 18.2 Å². The number of hydrogen-bond acceptors (Lipinski definition) is 5. The first-order chi connectivity index (χ1) is 16.6. The van der Waals surface area contributed by atoms with Crippen molar-refractivity contribution in [3.63, 3.8) is 0 Å². The highest BCUT2D eigenvalue weighted by atomic mass is 16.2. The molecule has 0 bridgehead atoms. The summed E-state index contributed by atoms with van der Waals surface area (Å²) in [6.07, 6.45) is 1.82. The van der Waals surface area contributed by atoms with E-state index in [4.69, 9.17) is 0 Å². The molecule has 0 unspecified atom stereocenters. The Balaban J connectivity index is 1.29. The lowest BCUT2D eigenvalue weighted by atomic mass is 10.1. The third kappa shape index (κ3) is 6.50. The second kappa shape index (κ2) is 11.5. The number of benzene rings is 2. The SMILES string of the molecule is C[C@H](NC(=O)c1ccccc1NC(=O)CN1CCN(Cc2ccccn2)CC1)c1ccccc1. The predicted molar refractivity (Wildman–Crippen MR) is 133 cm³/mol. The molecule has 1 aromatic heterocycles. The highest BCUT2D eigenvalue weighted by Crippen LogP contribution is 2.18. The summed E-state index contributed by atoms with van der Waals surface area (Å²) in [6, 6.07) is 22.8. The summed E-state index contributed by atoms with van der Waals surface area (Å²) >= 11 is 0. The molecule has 34 heavy (non-hydrogen) atoms. The highest BCUT2D eigenvalue weighted by Gasteiger charge is 2.21. The van der Waals surface area contributed by atoms with Gasteiger partial charge < -0.3 is 10.6 Å². The molecule has 2 N–H and O–H groups in total. The van der Waals surface area contributed by atoms with Crippen LogP contribution in [0.25, 0.3) is 0 Å². The maximum Gasteiger partial charge on any atom is 0.253 e. The van der Waals surface area contributed by atoms with Gasteiger partial charge in [-0.2, -0.15) is 0 Å². The van der Waals surface area contributed by atoms with Gasteiger partial charge in [0.25, 0.3) is 5.91 Å². The number of para-hydroxylation sites is 1. The topological polar surface area (TPSA) is 77.6 Å². The van der Waals surface area contributed by atoms with Crippen LogP contribution in [0.5, 0.6) is 0 Å². The first kappa shape index (κ1) is 23.6. The number of aromatic nitrogens is 1. The van der Waals surface area contributed by atoms with Crippen molar-refractivity contribution < 1.29 is 9.59 Å². The molecule has 1 atom stereocenters.